The maximum absolute atomic E-state index is 13.9. The van der Waals surface area contributed by atoms with Crippen LogP contribution in [0.25, 0.3) is 17.2 Å². The first-order chi connectivity index (χ1) is 15.9. The molecule has 0 radical (unpaired) electrons. The van der Waals surface area contributed by atoms with Gasteiger partial charge in [0.15, 0.2) is 17.1 Å². The lowest BCUT2D eigenvalue weighted by Gasteiger charge is -2.14. The van der Waals surface area contributed by atoms with Crippen LogP contribution >= 0.6 is 27.7 Å². The van der Waals surface area contributed by atoms with Gasteiger partial charge in [-0.1, -0.05) is 30.3 Å². The Morgan fingerprint density at radius 1 is 1.21 bits per heavy atom. The third kappa shape index (κ3) is 5.37. The molecule has 1 N–H and O–H groups in total. The lowest BCUT2D eigenvalue weighted by Crippen LogP contribution is -2.01. The number of halogens is 2. The first-order valence-corrected chi connectivity index (χ1v) is 11.3. The molecule has 0 saturated heterocycles. The van der Waals surface area contributed by atoms with Gasteiger partial charge in [-0.25, -0.2) is 14.2 Å². The molecule has 0 aliphatic carbocycles. The summed E-state index contributed by atoms with van der Waals surface area (Å²) in [6.07, 6.45) is 1.48. The fourth-order valence-electron chi connectivity index (χ4n) is 3.00. The van der Waals surface area contributed by atoms with Crippen molar-refractivity contribution in [1.29, 1.82) is 0 Å². The van der Waals surface area contributed by atoms with Gasteiger partial charge in [-0.05, 0) is 69.7 Å². The van der Waals surface area contributed by atoms with E-state index in [2.05, 4.69) is 20.9 Å². The van der Waals surface area contributed by atoms with Crippen LogP contribution in [0.15, 0.2) is 79.7 Å². The number of aliphatic carboxylic acids is 1. The monoisotopic (exact) mass is 529 g/mol. The summed E-state index contributed by atoms with van der Waals surface area (Å²) in [6, 6.07) is 16.8. The van der Waals surface area contributed by atoms with Gasteiger partial charge in [-0.2, -0.15) is 0 Å². The van der Waals surface area contributed by atoms with Crippen LogP contribution in [0.3, 0.4) is 0 Å². The van der Waals surface area contributed by atoms with Crippen LogP contribution in [-0.2, 0) is 11.4 Å². The summed E-state index contributed by atoms with van der Waals surface area (Å²) in [6.45, 7) is 0.00473. The number of hydrogen-bond donors (Lipinski definition) is 1. The van der Waals surface area contributed by atoms with Gasteiger partial charge in [0.2, 0.25) is 0 Å². The molecule has 1 aromatic heterocycles. The Balaban J connectivity index is 1.60. The molecule has 0 spiro atoms. The second-order valence-electron chi connectivity index (χ2n) is 6.78. The Kier molecular flexibility index (Phi) is 7.00. The number of ether oxygens (including phenoxy) is 2. The highest BCUT2D eigenvalue weighted by molar-refractivity contribution is 9.10. The summed E-state index contributed by atoms with van der Waals surface area (Å²) in [4.78, 5) is 16.2. The summed E-state index contributed by atoms with van der Waals surface area (Å²) in [5, 5.41) is 9.92. The summed E-state index contributed by atoms with van der Waals surface area (Å²) < 4.78 is 31.3. The normalized spacial score (nSPS) is 11.5. The number of thioether (sulfide) groups is 1. The molecule has 0 aliphatic heterocycles. The maximum Gasteiger partial charge on any atom is 0.342 e. The second kappa shape index (κ2) is 10.1. The minimum Gasteiger partial charge on any atom is -0.493 e. The van der Waals surface area contributed by atoms with E-state index < -0.39 is 5.97 Å². The number of para-hydroxylation sites is 2. The molecule has 4 rings (SSSR count). The van der Waals surface area contributed by atoms with Gasteiger partial charge in [0.25, 0.3) is 5.22 Å². The maximum atomic E-state index is 13.9. The van der Waals surface area contributed by atoms with E-state index in [-0.39, 0.29) is 22.6 Å². The van der Waals surface area contributed by atoms with Gasteiger partial charge in [-0.15, -0.1) is 0 Å². The molecular formula is C24H17BrFNO5S. The number of carboxylic acid groups (broad SMARTS) is 1. The summed E-state index contributed by atoms with van der Waals surface area (Å²) >= 11 is 4.34. The van der Waals surface area contributed by atoms with Crippen molar-refractivity contribution in [3.8, 4) is 11.5 Å². The van der Waals surface area contributed by atoms with E-state index in [0.717, 1.165) is 11.8 Å². The van der Waals surface area contributed by atoms with E-state index in [1.807, 2.05) is 12.1 Å². The summed E-state index contributed by atoms with van der Waals surface area (Å²) in [7, 11) is 1.47. The second-order valence-corrected chi connectivity index (χ2v) is 8.63. The molecule has 0 fully saturated rings. The molecule has 0 unspecified atom stereocenters. The van der Waals surface area contributed by atoms with E-state index >= 15 is 0 Å². The molecule has 9 heteroatoms. The predicted molar refractivity (Wildman–Crippen MR) is 127 cm³/mol. The number of hydrogen-bond acceptors (Lipinski definition) is 6. The number of methoxy groups -OCH3 is 1. The van der Waals surface area contributed by atoms with E-state index in [4.69, 9.17) is 13.9 Å². The molecule has 33 heavy (non-hydrogen) atoms. The van der Waals surface area contributed by atoms with Crippen LogP contribution in [0.2, 0.25) is 0 Å². The van der Waals surface area contributed by atoms with Crippen LogP contribution in [0.4, 0.5) is 4.39 Å². The third-order valence-corrected chi connectivity index (χ3v) is 6.01. The van der Waals surface area contributed by atoms with Crippen molar-refractivity contribution >= 4 is 50.8 Å². The van der Waals surface area contributed by atoms with E-state index in [1.54, 1.807) is 42.5 Å². The number of nitrogens with zero attached hydrogens (tertiary/aromatic N) is 1. The lowest BCUT2D eigenvalue weighted by atomic mass is 10.2. The van der Waals surface area contributed by atoms with Crippen molar-refractivity contribution in [3.63, 3.8) is 0 Å². The van der Waals surface area contributed by atoms with Gasteiger partial charge in [0.1, 0.15) is 22.8 Å². The number of fused-ring (bicyclic) bond motifs is 1. The van der Waals surface area contributed by atoms with E-state index in [0.29, 0.717) is 38.2 Å². The van der Waals surface area contributed by atoms with Gasteiger partial charge in [-0.3, -0.25) is 0 Å². The molecule has 3 aromatic carbocycles. The fourth-order valence-corrected chi connectivity index (χ4v) is 4.32. The molecule has 0 saturated carbocycles. The molecule has 4 aromatic rings. The zero-order valence-corrected chi connectivity index (χ0v) is 19.7. The standard InChI is InChI=1S/C24H17BrFNO5S/c1-30-20-11-14(10-16(25)22(20)31-13-15-6-2-3-7-17(15)26)12-21(23(28)29)33-24-27-18-8-4-5-9-19(18)32-24/h2-12H,13H2,1H3,(H,28,29)/b21-12-. The molecule has 1 heterocycles. The highest BCUT2D eigenvalue weighted by Gasteiger charge is 2.17. The molecule has 0 aliphatic rings. The number of carboxylic acids is 1. The average Bonchev–Trinajstić information content (AvgIpc) is 3.21. The Morgan fingerprint density at radius 3 is 2.70 bits per heavy atom. The topological polar surface area (TPSA) is 81.8 Å². The van der Waals surface area contributed by atoms with Crippen molar-refractivity contribution in [2.75, 3.05) is 7.11 Å². The zero-order chi connectivity index (χ0) is 23.4. The van der Waals surface area contributed by atoms with Crippen molar-refractivity contribution < 1.29 is 28.2 Å². The van der Waals surface area contributed by atoms with E-state index in [9.17, 15) is 14.3 Å². The van der Waals surface area contributed by atoms with Crippen LogP contribution in [-0.4, -0.2) is 23.2 Å². The zero-order valence-electron chi connectivity index (χ0n) is 17.2. The Hall–Kier alpha value is -3.30. The van der Waals surface area contributed by atoms with Crippen LogP contribution < -0.4 is 9.47 Å². The number of aromatic nitrogens is 1. The fraction of sp³-hybridized carbons (Fsp3) is 0.0833. The smallest absolute Gasteiger partial charge is 0.342 e. The molecule has 0 atom stereocenters. The molecule has 0 amide bonds. The summed E-state index contributed by atoms with van der Waals surface area (Å²) in [5.41, 5.74) is 2.17. The summed E-state index contributed by atoms with van der Waals surface area (Å²) in [5.74, 6) is -0.753. The van der Waals surface area contributed by atoms with Gasteiger partial charge in [0.05, 0.1) is 11.6 Å². The molecule has 168 valence electrons. The highest BCUT2D eigenvalue weighted by Crippen LogP contribution is 2.39. The lowest BCUT2D eigenvalue weighted by molar-refractivity contribution is -0.131. The predicted octanol–water partition coefficient (Wildman–Crippen LogP) is 6.53. The Labute approximate surface area is 201 Å². The van der Waals surface area contributed by atoms with Crippen LogP contribution in [0, 0.1) is 5.82 Å². The highest BCUT2D eigenvalue weighted by atomic mass is 79.9. The first-order valence-electron chi connectivity index (χ1n) is 9.66. The van der Waals surface area contributed by atoms with E-state index in [1.165, 1.54) is 19.3 Å². The van der Waals surface area contributed by atoms with Gasteiger partial charge >= 0.3 is 5.97 Å². The van der Waals surface area contributed by atoms with Crippen molar-refractivity contribution in [3.05, 3.63) is 87.0 Å². The Bertz CT molecular complexity index is 1320. The molecule has 0 bridgehead atoms. The third-order valence-electron chi connectivity index (χ3n) is 4.56. The van der Waals surface area contributed by atoms with Crippen LogP contribution in [0.5, 0.6) is 11.5 Å². The first kappa shape index (κ1) is 22.9. The minimum absolute atomic E-state index is 0.00473. The number of benzene rings is 3. The molecular weight excluding hydrogens is 513 g/mol. The Morgan fingerprint density at radius 2 is 1.97 bits per heavy atom. The SMILES string of the molecule is COc1cc(/C=C(\Sc2nc3ccccc3o2)C(=O)O)cc(Br)c1OCc1ccccc1F. The largest absolute Gasteiger partial charge is 0.493 e. The number of rotatable bonds is 8. The van der Waals surface area contributed by atoms with Crippen molar-refractivity contribution in [2.24, 2.45) is 0 Å². The number of carbonyl (C=O) groups is 1. The van der Waals surface area contributed by atoms with Gasteiger partial charge in [0, 0.05) is 5.56 Å². The number of oxazole rings is 1. The van der Waals surface area contributed by atoms with Gasteiger partial charge < -0.3 is 19.0 Å². The molecule has 6 nitrogen and oxygen atoms in total. The quantitative estimate of drug-likeness (QED) is 0.205. The minimum atomic E-state index is -1.13. The van der Waals surface area contributed by atoms with Crippen molar-refractivity contribution in [2.45, 2.75) is 11.8 Å². The average molecular weight is 530 g/mol. The van der Waals surface area contributed by atoms with Crippen LogP contribution in [0.1, 0.15) is 11.1 Å². The van der Waals surface area contributed by atoms with Crippen molar-refractivity contribution in [1.82, 2.24) is 4.98 Å².